The summed E-state index contributed by atoms with van der Waals surface area (Å²) in [5.41, 5.74) is 0. The number of Topliss-reactive ketones (excluding diaryl/α,β-unsaturated/α-hetero) is 1. The molecule has 0 amide bonds. The van der Waals surface area contributed by atoms with Gasteiger partial charge in [-0.25, -0.2) is 0 Å². The quantitative estimate of drug-likeness (QED) is 0.522. The van der Waals surface area contributed by atoms with Gasteiger partial charge in [-0.2, -0.15) is 0 Å². The number of likely N-dealkylation sites (tertiary alicyclic amines) is 1. The molecule has 0 aliphatic carbocycles. The zero-order valence-electron chi connectivity index (χ0n) is 7.00. The Kier molecular flexibility index (Phi) is 3.59. The summed E-state index contributed by atoms with van der Waals surface area (Å²) in [5.74, 6) is 0.152. The summed E-state index contributed by atoms with van der Waals surface area (Å²) in [6.07, 6.45) is 1.19. The molecular formula is C7H11BBrNO2. The molecule has 1 unspecified atom stereocenters. The van der Waals surface area contributed by atoms with E-state index in [-0.39, 0.29) is 11.8 Å². The predicted molar refractivity (Wildman–Crippen MR) is 49.8 cm³/mol. The molecule has 2 atom stereocenters. The third-order valence-electron chi connectivity index (χ3n) is 2.13. The van der Waals surface area contributed by atoms with E-state index in [9.17, 15) is 9.50 Å². The van der Waals surface area contributed by atoms with E-state index in [4.69, 9.17) is 0 Å². The Hall–Kier alpha value is -0.0251. The molecule has 0 spiro atoms. The topological polar surface area (TPSA) is 37.4 Å². The van der Waals surface area contributed by atoms with E-state index in [0.29, 0.717) is 11.3 Å². The number of nitrogens with zero attached hydrogens (tertiary/aromatic N) is 1. The molecule has 1 fully saturated rings. The molecule has 0 N–H and O–H groups in total. The van der Waals surface area contributed by atoms with Crippen molar-refractivity contribution in [1.29, 1.82) is 0 Å². The summed E-state index contributed by atoms with van der Waals surface area (Å²) in [6, 6.07) is -0.0559. The Bertz CT molecular complexity index is 200. The van der Waals surface area contributed by atoms with Crippen molar-refractivity contribution in [2.75, 3.05) is 13.0 Å². The molecule has 1 rings (SSSR count). The second kappa shape index (κ2) is 4.28. The molecule has 0 bridgehead atoms. The van der Waals surface area contributed by atoms with Crippen LogP contribution in [0.1, 0.15) is 13.3 Å². The van der Waals surface area contributed by atoms with E-state index < -0.39 is 0 Å². The van der Waals surface area contributed by atoms with Gasteiger partial charge in [-0.15, -0.1) is 0 Å². The van der Waals surface area contributed by atoms with Gasteiger partial charge in [0, 0.05) is 0 Å². The van der Waals surface area contributed by atoms with Gasteiger partial charge < -0.3 is 0 Å². The SMILES string of the molecule is CC(=O)[C@@H]1CC(Br)CN1CB=O. The zero-order valence-corrected chi connectivity index (χ0v) is 8.58. The first-order valence-electron chi connectivity index (χ1n) is 3.97. The molecule has 12 heavy (non-hydrogen) atoms. The molecular weight excluding hydrogens is 221 g/mol. The van der Waals surface area contributed by atoms with Crippen LogP contribution in [0.5, 0.6) is 0 Å². The molecule has 3 nitrogen and oxygen atoms in total. The third-order valence-corrected chi connectivity index (χ3v) is 2.79. The molecule has 0 saturated carbocycles. The summed E-state index contributed by atoms with van der Waals surface area (Å²) in [7, 11) is 0.848. The average Bonchev–Trinajstić information content (AvgIpc) is 2.32. The van der Waals surface area contributed by atoms with Gasteiger partial charge in [0.15, 0.2) is 0 Å². The molecule has 0 radical (unpaired) electrons. The second-order valence-electron chi connectivity index (χ2n) is 3.08. The number of carbonyl (C=O) groups is 1. The van der Waals surface area contributed by atoms with Crippen LogP contribution < -0.4 is 0 Å². The molecule has 0 aromatic rings. The summed E-state index contributed by atoms with van der Waals surface area (Å²) in [6.45, 7) is 2.37. The van der Waals surface area contributed by atoms with Crippen molar-refractivity contribution in [2.24, 2.45) is 0 Å². The van der Waals surface area contributed by atoms with Crippen LogP contribution in [0, 0.1) is 0 Å². The fourth-order valence-corrected chi connectivity index (χ4v) is 2.29. The van der Waals surface area contributed by atoms with Gasteiger partial charge in [0.05, 0.1) is 0 Å². The van der Waals surface area contributed by atoms with Crippen LogP contribution in [-0.4, -0.2) is 41.7 Å². The molecule has 1 aliphatic heterocycles. The first-order valence-corrected chi connectivity index (χ1v) is 4.89. The number of halogens is 1. The van der Waals surface area contributed by atoms with E-state index in [1.165, 1.54) is 0 Å². The van der Waals surface area contributed by atoms with E-state index >= 15 is 0 Å². The summed E-state index contributed by atoms with van der Waals surface area (Å²) in [5, 5.41) is 0. The Balaban J connectivity index is 2.58. The molecule has 5 heteroatoms. The van der Waals surface area contributed by atoms with Gasteiger partial charge in [-0.1, -0.05) is 0 Å². The van der Waals surface area contributed by atoms with Gasteiger partial charge in [0.25, 0.3) is 0 Å². The van der Waals surface area contributed by atoms with Crippen molar-refractivity contribution in [1.82, 2.24) is 4.90 Å². The van der Waals surface area contributed by atoms with Crippen LogP contribution in [0.2, 0.25) is 0 Å². The minimum atomic E-state index is -0.0559. The van der Waals surface area contributed by atoms with Crippen LogP contribution >= 0.6 is 15.9 Å². The van der Waals surface area contributed by atoms with Gasteiger partial charge in [-0.3, -0.25) is 0 Å². The summed E-state index contributed by atoms with van der Waals surface area (Å²) >= 11 is 3.45. The van der Waals surface area contributed by atoms with Crippen molar-refractivity contribution >= 4 is 28.9 Å². The van der Waals surface area contributed by atoms with Crippen molar-refractivity contribution < 1.29 is 9.50 Å². The number of hydrogen-bond acceptors (Lipinski definition) is 3. The van der Waals surface area contributed by atoms with E-state index in [0.717, 1.165) is 20.1 Å². The molecule has 66 valence electrons. The Morgan fingerprint density at radius 1 is 1.75 bits per heavy atom. The van der Waals surface area contributed by atoms with E-state index in [1.54, 1.807) is 6.92 Å². The van der Waals surface area contributed by atoms with Gasteiger partial charge in [0.2, 0.25) is 0 Å². The molecule has 0 aromatic carbocycles. The summed E-state index contributed by atoms with van der Waals surface area (Å²) < 4.78 is 10.3. The number of carbonyl (C=O) groups excluding carboxylic acids is 1. The maximum atomic E-state index is 11.1. The van der Waals surface area contributed by atoms with Crippen molar-refractivity contribution in [3.05, 3.63) is 0 Å². The normalized spacial score (nSPS) is 30.2. The standard InChI is InChI=1S/C7H11BBrNO2/c1-5(11)7-2-6(9)3-10(7)4-8-12/h6-7H,2-4H2,1H3/t6?,7-/m0/s1. The van der Waals surface area contributed by atoms with Crippen LogP contribution in [0.25, 0.3) is 0 Å². The Morgan fingerprint density at radius 3 is 2.92 bits per heavy atom. The number of rotatable bonds is 3. The fourth-order valence-electron chi connectivity index (χ4n) is 1.57. The van der Waals surface area contributed by atoms with Gasteiger partial charge >= 0.3 is 80.5 Å². The Labute approximate surface area is 80.9 Å². The summed E-state index contributed by atoms with van der Waals surface area (Å²) in [4.78, 5) is 13.4. The number of ketones is 1. The second-order valence-corrected chi connectivity index (χ2v) is 4.37. The predicted octanol–water partition coefficient (Wildman–Crippen LogP) is 0.420. The fraction of sp³-hybridized carbons (Fsp3) is 0.857. The third kappa shape index (κ3) is 2.23. The first kappa shape index (κ1) is 10.1. The maximum absolute atomic E-state index is 11.1. The monoisotopic (exact) mass is 231 g/mol. The van der Waals surface area contributed by atoms with Crippen molar-refractivity contribution in [3.63, 3.8) is 0 Å². The number of hydrogen-bond donors (Lipinski definition) is 0. The molecule has 1 saturated heterocycles. The van der Waals surface area contributed by atoms with E-state index in [2.05, 4.69) is 15.9 Å². The molecule has 1 heterocycles. The first-order chi connectivity index (χ1) is 5.65. The van der Waals surface area contributed by atoms with Gasteiger partial charge in [0.1, 0.15) is 0 Å². The van der Waals surface area contributed by atoms with Crippen molar-refractivity contribution in [3.8, 4) is 0 Å². The molecule has 0 aromatic heterocycles. The van der Waals surface area contributed by atoms with Gasteiger partial charge in [-0.05, 0) is 0 Å². The van der Waals surface area contributed by atoms with Crippen LogP contribution in [0.4, 0.5) is 0 Å². The van der Waals surface area contributed by atoms with E-state index in [1.807, 2.05) is 4.90 Å². The molecule has 1 aliphatic rings. The minimum absolute atomic E-state index is 0.0559. The number of alkyl halides is 1. The van der Waals surface area contributed by atoms with Crippen LogP contribution in [-0.2, 0) is 9.50 Å². The average molecular weight is 232 g/mol. The zero-order chi connectivity index (χ0) is 9.14. The van der Waals surface area contributed by atoms with Crippen molar-refractivity contribution in [2.45, 2.75) is 24.2 Å². The Morgan fingerprint density at radius 2 is 2.42 bits per heavy atom. The van der Waals surface area contributed by atoms with Crippen LogP contribution in [0.3, 0.4) is 0 Å². The van der Waals surface area contributed by atoms with Crippen LogP contribution in [0.15, 0.2) is 0 Å².